The summed E-state index contributed by atoms with van der Waals surface area (Å²) in [5.41, 5.74) is -0.233. The van der Waals surface area contributed by atoms with Crippen LogP contribution in [0.2, 0.25) is 0 Å². The maximum Gasteiger partial charge on any atom is 0.230 e. The maximum absolute atomic E-state index is 12.8. The molecule has 0 aromatic rings. The molecule has 2 fully saturated rings. The first-order chi connectivity index (χ1) is 8.67. The normalized spacial score (nSPS) is 33.4. The minimum atomic E-state index is -0.233. The van der Waals surface area contributed by atoms with Crippen molar-refractivity contribution in [1.29, 1.82) is 0 Å². The van der Waals surface area contributed by atoms with Crippen LogP contribution in [0.25, 0.3) is 0 Å². The van der Waals surface area contributed by atoms with E-state index in [2.05, 4.69) is 12.2 Å². The van der Waals surface area contributed by atoms with Gasteiger partial charge < -0.3 is 15.3 Å². The lowest BCUT2D eigenvalue weighted by molar-refractivity contribution is -0.146. The quantitative estimate of drug-likeness (QED) is 0.794. The smallest absolute Gasteiger partial charge is 0.230 e. The van der Waals surface area contributed by atoms with Crippen LogP contribution < -0.4 is 5.32 Å². The van der Waals surface area contributed by atoms with E-state index < -0.39 is 0 Å². The van der Waals surface area contributed by atoms with Crippen molar-refractivity contribution in [3.8, 4) is 0 Å². The van der Waals surface area contributed by atoms with Gasteiger partial charge in [-0.05, 0) is 52.0 Å². The van der Waals surface area contributed by atoms with Gasteiger partial charge in [0.1, 0.15) is 0 Å². The number of aliphatic hydroxyl groups excluding tert-OH is 1. The van der Waals surface area contributed by atoms with E-state index in [0.717, 1.165) is 51.7 Å². The van der Waals surface area contributed by atoms with Crippen LogP contribution in [0, 0.1) is 5.41 Å². The Morgan fingerprint density at radius 1 is 1.44 bits per heavy atom. The molecule has 2 aliphatic rings. The number of piperidine rings is 2. The van der Waals surface area contributed by atoms with Gasteiger partial charge in [-0.25, -0.2) is 0 Å². The second kappa shape index (κ2) is 6.02. The van der Waals surface area contributed by atoms with Crippen LogP contribution in [0.5, 0.6) is 0 Å². The monoisotopic (exact) mass is 254 g/mol. The molecule has 2 atom stereocenters. The zero-order valence-electron chi connectivity index (χ0n) is 11.5. The van der Waals surface area contributed by atoms with Gasteiger partial charge in [0, 0.05) is 25.7 Å². The van der Waals surface area contributed by atoms with E-state index in [1.807, 2.05) is 4.90 Å². The zero-order chi connectivity index (χ0) is 13.0. The highest BCUT2D eigenvalue weighted by Gasteiger charge is 2.40. The first kappa shape index (κ1) is 13.8. The fourth-order valence-corrected chi connectivity index (χ4v) is 3.30. The molecule has 2 saturated heterocycles. The number of nitrogens with one attached hydrogen (secondary N) is 1. The molecule has 104 valence electrons. The van der Waals surface area contributed by atoms with Crippen LogP contribution in [0.1, 0.15) is 45.4 Å². The van der Waals surface area contributed by atoms with Gasteiger partial charge in [0.25, 0.3) is 0 Å². The topological polar surface area (TPSA) is 52.6 Å². The minimum Gasteiger partial charge on any atom is -0.396 e. The molecule has 0 bridgehead atoms. The largest absolute Gasteiger partial charge is 0.396 e. The molecule has 1 amide bonds. The van der Waals surface area contributed by atoms with E-state index in [4.69, 9.17) is 5.11 Å². The average molecular weight is 254 g/mol. The zero-order valence-corrected chi connectivity index (χ0v) is 11.5. The molecule has 2 heterocycles. The highest BCUT2D eigenvalue weighted by atomic mass is 16.3. The Bertz CT molecular complexity index is 286. The number of aliphatic hydroxyl groups is 1. The Morgan fingerprint density at radius 2 is 2.28 bits per heavy atom. The van der Waals surface area contributed by atoms with Gasteiger partial charge >= 0.3 is 0 Å². The molecule has 2 unspecified atom stereocenters. The molecule has 18 heavy (non-hydrogen) atoms. The molecule has 2 N–H and O–H groups in total. The van der Waals surface area contributed by atoms with E-state index in [0.29, 0.717) is 5.91 Å². The second-order valence-electron chi connectivity index (χ2n) is 6.00. The van der Waals surface area contributed by atoms with Crippen molar-refractivity contribution in [3.63, 3.8) is 0 Å². The summed E-state index contributed by atoms with van der Waals surface area (Å²) in [6.07, 6.45) is 6.15. The summed E-state index contributed by atoms with van der Waals surface area (Å²) < 4.78 is 0. The third-order valence-electron chi connectivity index (χ3n) is 4.46. The number of rotatable bonds is 3. The lowest BCUT2D eigenvalue weighted by Crippen LogP contribution is -2.54. The van der Waals surface area contributed by atoms with E-state index in [1.165, 1.54) is 6.42 Å². The van der Waals surface area contributed by atoms with Gasteiger partial charge in [0.2, 0.25) is 5.91 Å². The summed E-state index contributed by atoms with van der Waals surface area (Å²) in [5, 5.41) is 12.5. The molecule has 0 saturated carbocycles. The van der Waals surface area contributed by atoms with Crippen LogP contribution in [-0.2, 0) is 4.79 Å². The molecule has 4 nitrogen and oxygen atoms in total. The predicted molar refractivity (Wildman–Crippen MR) is 71.3 cm³/mol. The van der Waals surface area contributed by atoms with Gasteiger partial charge in [-0.1, -0.05) is 0 Å². The molecule has 0 aliphatic carbocycles. The highest BCUT2D eigenvalue weighted by molar-refractivity contribution is 5.83. The lowest BCUT2D eigenvalue weighted by atomic mass is 9.80. The Balaban J connectivity index is 2.05. The van der Waals surface area contributed by atoms with Crippen molar-refractivity contribution in [2.45, 2.75) is 51.5 Å². The average Bonchev–Trinajstić information content (AvgIpc) is 2.40. The van der Waals surface area contributed by atoms with Crippen LogP contribution in [0.4, 0.5) is 0 Å². The number of carbonyl (C=O) groups is 1. The fourth-order valence-electron chi connectivity index (χ4n) is 3.30. The van der Waals surface area contributed by atoms with Crippen molar-refractivity contribution in [2.75, 3.05) is 26.2 Å². The number of nitrogens with zero attached hydrogens (tertiary/aromatic N) is 1. The summed E-state index contributed by atoms with van der Waals surface area (Å²) in [5.74, 6) is 0.299. The summed E-state index contributed by atoms with van der Waals surface area (Å²) in [6, 6.07) is 0.259. The number of amides is 1. The molecule has 2 aliphatic heterocycles. The number of hydrogen-bond acceptors (Lipinski definition) is 3. The molecule has 2 rings (SSSR count). The summed E-state index contributed by atoms with van der Waals surface area (Å²) in [4.78, 5) is 14.8. The summed E-state index contributed by atoms with van der Waals surface area (Å²) in [7, 11) is 0. The van der Waals surface area contributed by atoms with Crippen LogP contribution in [-0.4, -0.2) is 48.2 Å². The Kier molecular flexibility index (Phi) is 4.62. The number of likely N-dealkylation sites (tertiary alicyclic amines) is 1. The summed E-state index contributed by atoms with van der Waals surface area (Å²) >= 11 is 0. The predicted octanol–water partition coefficient (Wildman–Crippen LogP) is 1.14. The number of hydrogen-bond donors (Lipinski definition) is 2. The third kappa shape index (κ3) is 2.86. The van der Waals surface area contributed by atoms with Crippen LogP contribution >= 0.6 is 0 Å². The Hall–Kier alpha value is -0.610. The van der Waals surface area contributed by atoms with Gasteiger partial charge in [-0.15, -0.1) is 0 Å². The Morgan fingerprint density at radius 3 is 2.94 bits per heavy atom. The number of carbonyl (C=O) groups excluding carboxylic acids is 1. The molecule has 0 radical (unpaired) electrons. The van der Waals surface area contributed by atoms with E-state index in [-0.39, 0.29) is 18.1 Å². The highest BCUT2D eigenvalue weighted by Crippen LogP contribution is 2.31. The van der Waals surface area contributed by atoms with Crippen LogP contribution in [0.15, 0.2) is 0 Å². The van der Waals surface area contributed by atoms with Gasteiger partial charge in [0.05, 0.1) is 5.41 Å². The van der Waals surface area contributed by atoms with Gasteiger partial charge in [-0.2, -0.15) is 0 Å². The molecular formula is C14H26N2O2. The van der Waals surface area contributed by atoms with E-state index in [9.17, 15) is 4.79 Å². The second-order valence-corrected chi connectivity index (χ2v) is 6.00. The third-order valence-corrected chi connectivity index (χ3v) is 4.46. The van der Waals surface area contributed by atoms with Crippen molar-refractivity contribution >= 4 is 5.91 Å². The molecule has 0 aromatic carbocycles. The van der Waals surface area contributed by atoms with Crippen LogP contribution in [0.3, 0.4) is 0 Å². The SMILES string of the molecule is CC1(C(=O)N2CCCCC2CCO)CCCNC1. The summed E-state index contributed by atoms with van der Waals surface area (Å²) in [6.45, 7) is 4.98. The van der Waals surface area contributed by atoms with Crippen molar-refractivity contribution in [2.24, 2.45) is 5.41 Å². The van der Waals surface area contributed by atoms with E-state index >= 15 is 0 Å². The van der Waals surface area contributed by atoms with E-state index in [1.54, 1.807) is 0 Å². The van der Waals surface area contributed by atoms with Crippen molar-refractivity contribution in [3.05, 3.63) is 0 Å². The fraction of sp³-hybridized carbons (Fsp3) is 0.929. The molecule has 0 aromatic heterocycles. The Labute approximate surface area is 110 Å². The molecular weight excluding hydrogens is 228 g/mol. The first-order valence-corrected chi connectivity index (χ1v) is 7.30. The van der Waals surface area contributed by atoms with Gasteiger partial charge in [-0.3, -0.25) is 4.79 Å². The van der Waals surface area contributed by atoms with Crippen molar-refractivity contribution in [1.82, 2.24) is 10.2 Å². The lowest BCUT2D eigenvalue weighted by Gasteiger charge is -2.43. The maximum atomic E-state index is 12.8. The first-order valence-electron chi connectivity index (χ1n) is 7.30. The molecule has 0 spiro atoms. The standard InChI is InChI=1S/C14H26N2O2/c1-14(7-4-8-15-11-14)13(18)16-9-3-2-5-12(16)6-10-17/h12,15,17H,2-11H2,1H3. The molecule has 4 heteroatoms. The van der Waals surface area contributed by atoms with Gasteiger partial charge in [0.15, 0.2) is 0 Å². The van der Waals surface area contributed by atoms with Crippen molar-refractivity contribution < 1.29 is 9.90 Å². The minimum absolute atomic E-state index is 0.184.